The fourth-order valence-electron chi connectivity index (χ4n) is 2.80. The lowest BCUT2D eigenvalue weighted by Crippen LogP contribution is -2.30. The Kier molecular flexibility index (Phi) is 3.76. The molecule has 3 rings (SSSR count). The highest BCUT2D eigenvalue weighted by Gasteiger charge is 2.21. The molecule has 2 aromatic rings. The molecule has 0 saturated carbocycles. The SMILES string of the molecule is CC(C)(C)c1ccc(-c2nnnn2C2CCNCC2)cc1. The number of nitrogens with zero attached hydrogens (tertiary/aromatic N) is 4. The molecule has 0 bridgehead atoms. The monoisotopic (exact) mass is 285 g/mol. The van der Waals surface area contributed by atoms with E-state index in [0.29, 0.717) is 6.04 Å². The second kappa shape index (κ2) is 5.56. The summed E-state index contributed by atoms with van der Waals surface area (Å²) in [5.41, 5.74) is 2.58. The Bertz CT molecular complexity index is 588. The van der Waals surface area contributed by atoms with Crippen LogP contribution in [0.2, 0.25) is 0 Å². The van der Waals surface area contributed by atoms with Gasteiger partial charge in [-0.2, -0.15) is 0 Å². The van der Waals surface area contributed by atoms with Gasteiger partial charge in [-0.25, -0.2) is 4.68 Å². The summed E-state index contributed by atoms with van der Waals surface area (Å²) in [5.74, 6) is 0.877. The van der Waals surface area contributed by atoms with Crippen molar-refractivity contribution >= 4 is 0 Å². The minimum Gasteiger partial charge on any atom is -0.317 e. The first-order valence-corrected chi connectivity index (χ1v) is 7.65. The average molecular weight is 285 g/mol. The molecule has 0 radical (unpaired) electrons. The van der Waals surface area contributed by atoms with Gasteiger partial charge in [-0.1, -0.05) is 45.0 Å². The van der Waals surface area contributed by atoms with E-state index in [1.165, 1.54) is 5.56 Å². The number of hydrogen-bond donors (Lipinski definition) is 1. The van der Waals surface area contributed by atoms with Crippen LogP contribution in [0.15, 0.2) is 24.3 Å². The summed E-state index contributed by atoms with van der Waals surface area (Å²) >= 11 is 0. The van der Waals surface area contributed by atoms with Crippen LogP contribution < -0.4 is 5.32 Å². The molecule has 0 atom stereocenters. The number of aromatic nitrogens is 4. The van der Waals surface area contributed by atoms with E-state index in [-0.39, 0.29) is 5.41 Å². The van der Waals surface area contributed by atoms with E-state index in [1.54, 1.807) is 0 Å². The quantitative estimate of drug-likeness (QED) is 0.921. The molecule has 2 heterocycles. The summed E-state index contributed by atoms with van der Waals surface area (Å²) in [6.45, 7) is 8.74. The summed E-state index contributed by atoms with van der Waals surface area (Å²) < 4.78 is 1.99. The maximum Gasteiger partial charge on any atom is 0.182 e. The van der Waals surface area contributed by atoms with Crippen LogP contribution in [-0.4, -0.2) is 33.3 Å². The van der Waals surface area contributed by atoms with E-state index in [2.05, 4.69) is 65.9 Å². The number of hydrogen-bond acceptors (Lipinski definition) is 4. The Labute approximate surface area is 125 Å². The maximum atomic E-state index is 4.23. The first-order chi connectivity index (χ1) is 10.1. The second-order valence-corrected chi connectivity index (χ2v) is 6.76. The molecule has 0 aliphatic carbocycles. The molecule has 1 aliphatic rings. The molecule has 0 unspecified atom stereocenters. The predicted octanol–water partition coefficient (Wildman–Crippen LogP) is 2.56. The van der Waals surface area contributed by atoms with Crippen LogP contribution in [0.1, 0.15) is 45.2 Å². The molecule has 112 valence electrons. The van der Waals surface area contributed by atoms with Crippen LogP contribution in [-0.2, 0) is 5.41 Å². The lowest BCUT2D eigenvalue weighted by Gasteiger charge is -2.23. The Morgan fingerprint density at radius 1 is 1.10 bits per heavy atom. The average Bonchev–Trinajstić information content (AvgIpc) is 2.97. The van der Waals surface area contributed by atoms with Gasteiger partial charge in [0.05, 0.1) is 6.04 Å². The lowest BCUT2D eigenvalue weighted by atomic mass is 9.86. The first-order valence-electron chi connectivity index (χ1n) is 7.65. The van der Waals surface area contributed by atoms with Crippen molar-refractivity contribution in [2.24, 2.45) is 0 Å². The fraction of sp³-hybridized carbons (Fsp3) is 0.562. The van der Waals surface area contributed by atoms with Gasteiger partial charge in [0.2, 0.25) is 0 Å². The van der Waals surface area contributed by atoms with Crippen molar-refractivity contribution in [3.05, 3.63) is 29.8 Å². The Morgan fingerprint density at radius 2 is 1.76 bits per heavy atom. The zero-order chi connectivity index (χ0) is 14.9. The molecule has 1 aromatic carbocycles. The Morgan fingerprint density at radius 3 is 2.38 bits per heavy atom. The van der Waals surface area contributed by atoms with E-state index in [4.69, 9.17) is 0 Å². The summed E-state index contributed by atoms with van der Waals surface area (Å²) in [5, 5.41) is 15.7. The third-order valence-electron chi connectivity index (χ3n) is 4.16. The zero-order valence-electron chi connectivity index (χ0n) is 13.0. The molecule has 1 N–H and O–H groups in total. The number of tetrazole rings is 1. The normalized spacial score (nSPS) is 17.1. The number of rotatable bonds is 2. The van der Waals surface area contributed by atoms with Gasteiger partial charge in [-0.3, -0.25) is 0 Å². The molecule has 0 amide bonds. The molecule has 5 nitrogen and oxygen atoms in total. The van der Waals surface area contributed by atoms with E-state index >= 15 is 0 Å². The minimum atomic E-state index is 0.166. The van der Waals surface area contributed by atoms with E-state index in [1.807, 2.05) is 4.68 Å². The molecular formula is C16H23N5. The van der Waals surface area contributed by atoms with Gasteiger partial charge >= 0.3 is 0 Å². The number of benzene rings is 1. The van der Waals surface area contributed by atoms with Crippen LogP contribution in [0.5, 0.6) is 0 Å². The molecule has 1 fully saturated rings. The predicted molar refractivity (Wildman–Crippen MR) is 83.1 cm³/mol. The zero-order valence-corrected chi connectivity index (χ0v) is 13.0. The largest absolute Gasteiger partial charge is 0.317 e. The van der Waals surface area contributed by atoms with Crippen molar-refractivity contribution in [2.45, 2.75) is 45.1 Å². The summed E-state index contributed by atoms with van der Waals surface area (Å²) in [6.07, 6.45) is 2.16. The van der Waals surface area contributed by atoms with Gasteiger partial charge in [-0.15, -0.1) is 5.10 Å². The van der Waals surface area contributed by atoms with Crippen molar-refractivity contribution < 1.29 is 0 Å². The highest BCUT2D eigenvalue weighted by atomic mass is 15.5. The van der Waals surface area contributed by atoms with Crippen molar-refractivity contribution in [3.63, 3.8) is 0 Å². The standard InChI is InChI=1S/C16H23N5/c1-16(2,3)13-6-4-12(5-7-13)15-18-19-20-21(15)14-8-10-17-11-9-14/h4-7,14,17H,8-11H2,1-3H3. The molecule has 5 heteroatoms. The van der Waals surface area contributed by atoms with Crippen molar-refractivity contribution in [2.75, 3.05) is 13.1 Å². The second-order valence-electron chi connectivity index (χ2n) is 6.76. The maximum absolute atomic E-state index is 4.23. The molecule has 1 aliphatic heterocycles. The molecule has 0 spiro atoms. The van der Waals surface area contributed by atoms with E-state index < -0.39 is 0 Å². The smallest absolute Gasteiger partial charge is 0.182 e. The van der Waals surface area contributed by atoms with Gasteiger partial charge in [0.1, 0.15) is 0 Å². The summed E-state index contributed by atoms with van der Waals surface area (Å²) in [7, 11) is 0. The van der Waals surface area contributed by atoms with E-state index in [0.717, 1.165) is 37.3 Å². The van der Waals surface area contributed by atoms with Crippen LogP contribution in [0, 0.1) is 0 Å². The van der Waals surface area contributed by atoms with Crippen molar-refractivity contribution in [1.82, 2.24) is 25.5 Å². The molecule has 21 heavy (non-hydrogen) atoms. The van der Waals surface area contributed by atoms with Crippen molar-refractivity contribution in [3.8, 4) is 11.4 Å². The first kappa shape index (κ1) is 14.2. The Hall–Kier alpha value is -1.75. The third-order valence-corrected chi connectivity index (χ3v) is 4.16. The molecule has 1 aromatic heterocycles. The van der Waals surface area contributed by atoms with Crippen LogP contribution in [0.4, 0.5) is 0 Å². The van der Waals surface area contributed by atoms with Crippen LogP contribution in [0.25, 0.3) is 11.4 Å². The highest BCUT2D eigenvalue weighted by Crippen LogP contribution is 2.27. The minimum absolute atomic E-state index is 0.166. The number of piperidine rings is 1. The molecule has 1 saturated heterocycles. The fourth-order valence-corrected chi connectivity index (χ4v) is 2.80. The number of nitrogens with one attached hydrogen (secondary N) is 1. The highest BCUT2D eigenvalue weighted by molar-refractivity contribution is 5.55. The lowest BCUT2D eigenvalue weighted by molar-refractivity contribution is 0.340. The van der Waals surface area contributed by atoms with Gasteiger partial charge in [-0.05, 0) is 47.3 Å². The summed E-state index contributed by atoms with van der Waals surface area (Å²) in [6, 6.07) is 9.01. The molecular weight excluding hydrogens is 262 g/mol. The van der Waals surface area contributed by atoms with Crippen LogP contribution >= 0.6 is 0 Å². The van der Waals surface area contributed by atoms with Gasteiger partial charge < -0.3 is 5.32 Å². The van der Waals surface area contributed by atoms with E-state index in [9.17, 15) is 0 Å². The van der Waals surface area contributed by atoms with Crippen molar-refractivity contribution in [1.29, 1.82) is 0 Å². The summed E-state index contributed by atoms with van der Waals surface area (Å²) in [4.78, 5) is 0. The van der Waals surface area contributed by atoms with Crippen LogP contribution in [0.3, 0.4) is 0 Å². The van der Waals surface area contributed by atoms with Gasteiger partial charge in [0.15, 0.2) is 5.82 Å². The third kappa shape index (κ3) is 2.97. The van der Waals surface area contributed by atoms with Gasteiger partial charge in [0.25, 0.3) is 0 Å². The Balaban J connectivity index is 1.89. The topological polar surface area (TPSA) is 55.6 Å². The van der Waals surface area contributed by atoms with Gasteiger partial charge in [0, 0.05) is 5.56 Å².